The van der Waals surface area contributed by atoms with E-state index in [-0.39, 0.29) is 11.6 Å². The molecule has 2 aromatic rings. The Bertz CT molecular complexity index is 680. The molecule has 1 aliphatic rings. The van der Waals surface area contributed by atoms with Crippen LogP contribution < -0.4 is 0 Å². The van der Waals surface area contributed by atoms with Gasteiger partial charge in [-0.05, 0) is 18.9 Å². The Kier molecular flexibility index (Phi) is 2.23. The molecule has 1 aromatic carbocycles. The number of rotatable bonds is 1. The van der Waals surface area contributed by atoms with E-state index in [0.717, 1.165) is 17.7 Å². The van der Waals surface area contributed by atoms with Gasteiger partial charge in [0.25, 0.3) is 0 Å². The van der Waals surface area contributed by atoms with Gasteiger partial charge in [-0.2, -0.15) is 0 Å². The lowest BCUT2D eigenvalue weighted by atomic mass is 9.86. The molecule has 0 fully saturated rings. The summed E-state index contributed by atoms with van der Waals surface area (Å²) in [6.07, 6.45) is 0.787. The molecule has 0 spiro atoms. The van der Waals surface area contributed by atoms with Crippen LogP contribution in [0.1, 0.15) is 50.2 Å². The summed E-state index contributed by atoms with van der Waals surface area (Å²) in [5.41, 5.74) is 3.89. The molecule has 1 N–H and O–H groups in total. The lowest BCUT2D eigenvalue weighted by Gasteiger charge is -2.14. The van der Waals surface area contributed by atoms with Crippen molar-refractivity contribution in [2.75, 3.05) is 0 Å². The molecule has 18 heavy (non-hydrogen) atoms. The van der Waals surface area contributed by atoms with Crippen molar-refractivity contribution in [3.63, 3.8) is 0 Å². The van der Waals surface area contributed by atoms with Crippen molar-refractivity contribution in [3.05, 3.63) is 57.9 Å². The zero-order valence-electron chi connectivity index (χ0n) is 10.3. The van der Waals surface area contributed by atoms with E-state index in [1.54, 1.807) is 24.3 Å². The lowest BCUT2D eigenvalue weighted by Crippen LogP contribution is -2.20. The normalized spacial score (nSPS) is 13.4. The number of aromatic amines is 1. The van der Waals surface area contributed by atoms with E-state index in [1.165, 1.54) is 0 Å². The van der Waals surface area contributed by atoms with Gasteiger partial charge in [-0.15, -0.1) is 0 Å². The van der Waals surface area contributed by atoms with Crippen LogP contribution in [0.5, 0.6) is 0 Å². The van der Waals surface area contributed by atoms with Crippen LogP contribution in [-0.2, 0) is 6.42 Å². The molecule has 1 heterocycles. The number of ketones is 2. The number of hydrogen-bond acceptors (Lipinski definition) is 2. The van der Waals surface area contributed by atoms with Crippen LogP contribution in [0.3, 0.4) is 0 Å². The molecule has 0 radical (unpaired) electrons. The fraction of sp³-hybridized carbons (Fsp3) is 0.200. The summed E-state index contributed by atoms with van der Waals surface area (Å²) in [7, 11) is 0. The molecule has 0 atom stereocenters. The van der Waals surface area contributed by atoms with Crippen molar-refractivity contribution in [3.8, 4) is 0 Å². The largest absolute Gasteiger partial charge is 0.355 e. The number of aromatic nitrogens is 1. The first-order valence-corrected chi connectivity index (χ1v) is 6.05. The van der Waals surface area contributed by atoms with Crippen LogP contribution in [-0.4, -0.2) is 16.6 Å². The van der Waals surface area contributed by atoms with Crippen molar-refractivity contribution in [2.24, 2.45) is 0 Å². The molecular formula is C15H13NO2. The van der Waals surface area contributed by atoms with Gasteiger partial charge in [0.05, 0.1) is 11.3 Å². The second-order valence-electron chi connectivity index (χ2n) is 4.54. The Morgan fingerprint density at radius 2 is 1.67 bits per heavy atom. The van der Waals surface area contributed by atoms with Crippen LogP contribution >= 0.6 is 0 Å². The van der Waals surface area contributed by atoms with Gasteiger partial charge in [-0.3, -0.25) is 9.59 Å². The number of fused-ring (bicyclic) bond motifs is 2. The zero-order valence-corrected chi connectivity index (χ0v) is 10.3. The third-order valence-electron chi connectivity index (χ3n) is 3.58. The molecular weight excluding hydrogens is 226 g/mol. The fourth-order valence-corrected chi connectivity index (χ4v) is 2.60. The summed E-state index contributed by atoms with van der Waals surface area (Å²) >= 11 is 0. The highest BCUT2D eigenvalue weighted by atomic mass is 16.1. The van der Waals surface area contributed by atoms with Crippen molar-refractivity contribution < 1.29 is 9.59 Å². The highest BCUT2D eigenvalue weighted by molar-refractivity contribution is 6.28. The average molecular weight is 239 g/mol. The standard InChI is InChI=1S/C15H13NO2/c1-3-11-8(2)12-13(16-11)15(18)10-7-5-4-6-9(10)14(12)17/h4-7,16H,3H2,1-2H3. The molecule has 1 aromatic heterocycles. The monoisotopic (exact) mass is 239 g/mol. The number of carbonyl (C=O) groups excluding carboxylic acids is 2. The van der Waals surface area contributed by atoms with Crippen LogP contribution in [0.25, 0.3) is 0 Å². The SMILES string of the molecule is CCc1[nH]c2c(c1C)C(=O)c1ccccc1C2=O. The van der Waals surface area contributed by atoms with E-state index < -0.39 is 0 Å². The van der Waals surface area contributed by atoms with Gasteiger partial charge in [0.15, 0.2) is 5.78 Å². The van der Waals surface area contributed by atoms with E-state index in [9.17, 15) is 9.59 Å². The van der Waals surface area contributed by atoms with Gasteiger partial charge < -0.3 is 4.98 Å². The van der Waals surface area contributed by atoms with E-state index in [1.807, 2.05) is 13.8 Å². The van der Waals surface area contributed by atoms with Crippen molar-refractivity contribution in [1.82, 2.24) is 4.98 Å². The van der Waals surface area contributed by atoms with Gasteiger partial charge in [-0.1, -0.05) is 31.2 Å². The van der Waals surface area contributed by atoms with Crippen LogP contribution in [0.4, 0.5) is 0 Å². The second kappa shape index (κ2) is 3.67. The third kappa shape index (κ3) is 1.24. The summed E-state index contributed by atoms with van der Waals surface area (Å²) in [6.45, 7) is 3.90. The van der Waals surface area contributed by atoms with Gasteiger partial charge in [0, 0.05) is 16.8 Å². The van der Waals surface area contributed by atoms with Gasteiger partial charge >= 0.3 is 0 Å². The molecule has 0 aliphatic heterocycles. The number of nitrogens with one attached hydrogen (secondary N) is 1. The summed E-state index contributed by atoms with van der Waals surface area (Å²) in [5, 5.41) is 0. The highest BCUT2D eigenvalue weighted by Crippen LogP contribution is 2.30. The Morgan fingerprint density at radius 1 is 1.06 bits per heavy atom. The van der Waals surface area contributed by atoms with E-state index in [2.05, 4.69) is 4.98 Å². The molecule has 1 aliphatic carbocycles. The van der Waals surface area contributed by atoms with Crippen molar-refractivity contribution >= 4 is 11.6 Å². The number of H-pyrrole nitrogens is 1. The number of carbonyl (C=O) groups is 2. The number of benzene rings is 1. The second-order valence-corrected chi connectivity index (χ2v) is 4.54. The minimum atomic E-state index is -0.0806. The summed E-state index contributed by atoms with van der Waals surface area (Å²) in [5.74, 6) is -0.128. The van der Waals surface area contributed by atoms with Crippen molar-refractivity contribution in [1.29, 1.82) is 0 Å². The highest BCUT2D eigenvalue weighted by Gasteiger charge is 2.33. The maximum atomic E-state index is 12.4. The Labute approximate surface area is 105 Å². The smallest absolute Gasteiger partial charge is 0.210 e. The van der Waals surface area contributed by atoms with Gasteiger partial charge in [0.1, 0.15) is 0 Å². The molecule has 0 saturated heterocycles. The minimum absolute atomic E-state index is 0.0475. The molecule has 0 bridgehead atoms. The van der Waals surface area contributed by atoms with Gasteiger partial charge in [0.2, 0.25) is 5.78 Å². The molecule has 0 amide bonds. The van der Waals surface area contributed by atoms with E-state index in [0.29, 0.717) is 22.4 Å². The lowest BCUT2D eigenvalue weighted by molar-refractivity contribution is 0.0976. The predicted molar refractivity (Wildman–Crippen MR) is 68.2 cm³/mol. The van der Waals surface area contributed by atoms with E-state index in [4.69, 9.17) is 0 Å². The van der Waals surface area contributed by atoms with Crippen LogP contribution in [0.2, 0.25) is 0 Å². The predicted octanol–water partition coefficient (Wildman–Crippen LogP) is 2.66. The van der Waals surface area contributed by atoms with Gasteiger partial charge in [-0.25, -0.2) is 0 Å². The first-order chi connectivity index (χ1) is 8.65. The Balaban J connectivity index is 2.32. The summed E-state index contributed by atoms with van der Waals surface area (Å²) < 4.78 is 0. The minimum Gasteiger partial charge on any atom is -0.355 e. The van der Waals surface area contributed by atoms with Crippen molar-refractivity contribution in [2.45, 2.75) is 20.3 Å². The van der Waals surface area contributed by atoms with Crippen LogP contribution in [0.15, 0.2) is 24.3 Å². The topological polar surface area (TPSA) is 49.9 Å². The Hall–Kier alpha value is -2.16. The Morgan fingerprint density at radius 3 is 2.28 bits per heavy atom. The molecule has 3 rings (SSSR count). The third-order valence-corrected chi connectivity index (χ3v) is 3.58. The molecule has 0 unspecified atom stereocenters. The van der Waals surface area contributed by atoms with Crippen LogP contribution in [0, 0.1) is 6.92 Å². The summed E-state index contributed by atoms with van der Waals surface area (Å²) in [4.78, 5) is 27.9. The first-order valence-electron chi connectivity index (χ1n) is 6.05. The molecule has 90 valence electrons. The summed E-state index contributed by atoms with van der Waals surface area (Å²) in [6, 6.07) is 7.00. The average Bonchev–Trinajstić information content (AvgIpc) is 2.73. The first kappa shape index (κ1) is 11.0. The number of aryl methyl sites for hydroxylation is 1. The zero-order chi connectivity index (χ0) is 12.9. The maximum absolute atomic E-state index is 12.4. The van der Waals surface area contributed by atoms with E-state index >= 15 is 0 Å². The fourth-order valence-electron chi connectivity index (χ4n) is 2.60. The molecule has 3 heteroatoms. The number of hydrogen-bond donors (Lipinski definition) is 1. The quantitative estimate of drug-likeness (QED) is 0.709. The molecule has 0 saturated carbocycles. The molecule has 3 nitrogen and oxygen atoms in total. The maximum Gasteiger partial charge on any atom is 0.210 e.